The molecule has 3 aliphatic rings. The molecular weight excluding hydrogens is 529 g/mol. The third-order valence-electron chi connectivity index (χ3n) is 7.83. The Morgan fingerprint density at radius 3 is 2.35 bits per heavy atom. The number of likely N-dealkylation sites (tertiary alicyclic amines) is 1. The van der Waals surface area contributed by atoms with E-state index in [-0.39, 0.29) is 24.5 Å². The van der Waals surface area contributed by atoms with Crippen LogP contribution in [-0.4, -0.2) is 42.3 Å². The number of para-hydroxylation sites is 1. The van der Waals surface area contributed by atoms with Crippen LogP contribution in [0.1, 0.15) is 29.9 Å². The summed E-state index contributed by atoms with van der Waals surface area (Å²) < 4.78 is 0. The highest BCUT2D eigenvalue weighted by atomic mass is 35.5. The Labute approximate surface area is 231 Å². The number of nitrogens with one attached hydrogen (secondary N) is 1. The van der Waals surface area contributed by atoms with Gasteiger partial charge in [-0.25, -0.2) is 4.79 Å². The highest BCUT2D eigenvalue weighted by molar-refractivity contribution is 6.40. The molecule has 2 N–H and O–H groups in total. The quantitative estimate of drug-likeness (QED) is 0.341. The van der Waals surface area contributed by atoms with Crippen molar-refractivity contribution in [1.29, 1.82) is 0 Å². The van der Waals surface area contributed by atoms with Crippen LogP contribution in [0.25, 0.3) is 11.1 Å². The molecule has 2 fully saturated rings. The largest absolute Gasteiger partial charge is 0.396 e. The van der Waals surface area contributed by atoms with E-state index in [0.29, 0.717) is 27.3 Å². The molecule has 2 atom stereocenters. The first-order chi connectivity index (χ1) is 17.9. The zero-order chi connectivity index (χ0) is 25.7. The minimum atomic E-state index is -0.287. The van der Waals surface area contributed by atoms with Gasteiger partial charge >= 0.3 is 6.03 Å². The van der Waals surface area contributed by atoms with Gasteiger partial charge in [0.25, 0.3) is 0 Å². The van der Waals surface area contributed by atoms with Crippen LogP contribution in [0.15, 0.2) is 54.6 Å². The van der Waals surface area contributed by atoms with E-state index >= 15 is 0 Å². The van der Waals surface area contributed by atoms with Crippen molar-refractivity contribution in [2.24, 2.45) is 11.8 Å². The van der Waals surface area contributed by atoms with Gasteiger partial charge in [-0.1, -0.05) is 65.1 Å². The number of carbonyl (C=O) groups is 1. The van der Waals surface area contributed by atoms with E-state index in [1.165, 1.54) is 12.8 Å². The van der Waals surface area contributed by atoms with Gasteiger partial charge in [-0.2, -0.15) is 0 Å². The fraction of sp³-hybridized carbons (Fsp3) is 0.345. The van der Waals surface area contributed by atoms with Crippen molar-refractivity contribution in [3.05, 3.63) is 80.8 Å². The number of aliphatic hydroxyl groups is 1. The Balaban J connectivity index is 1.53. The Hall–Kier alpha value is -2.28. The summed E-state index contributed by atoms with van der Waals surface area (Å²) in [5.41, 5.74) is 5.07. The lowest BCUT2D eigenvalue weighted by atomic mass is 9.85. The summed E-state index contributed by atoms with van der Waals surface area (Å²) >= 11 is 19.9. The highest BCUT2D eigenvalue weighted by Gasteiger charge is 2.38. The summed E-state index contributed by atoms with van der Waals surface area (Å²) in [6.45, 7) is 3.30. The number of nitrogens with zero attached hydrogens (tertiary/aromatic N) is 2. The zero-order valence-electron chi connectivity index (χ0n) is 20.3. The Morgan fingerprint density at radius 1 is 0.919 bits per heavy atom. The van der Waals surface area contributed by atoms with Gasteiger partial charge in [-0.05, 0) is 54.2 Å². The molecule has 2 aliphatic heterocycles. The van der Waals surface area contributed by atoms with Crippen molar-refractivity contribution in [1.82, 2.24) is 10.2 Å². The molecule has 192 valence electrons. The number of hydrogen-bond donors (Lipinski definition) is 2. The molecule has 37 heavy (non-hydrogen) atoms. The maximum absolute atomic E-state index is 13.3. The van der Waals surface area contributed by atoms with Gasteiger partial charge in [0.1, 0.15) is 0 Å². The molecule has 3 aromatic carbocycles. The Kier molecular flexibility index (Phi) is 6.85. The number of halogens is 3. The van der Waals surface area contributed by atoms with E-state index in [1.54, 1.807) is 23.1 Å². The maximum atomic E-state index is 13.3. The Bertz CT molecular complexity index is 1340. The molecule has 1 saturated heterocycles. The predicted molar refractivity (Wildman–Crippen MR) is 150 cm³/mol. The second-order valence-electron chi connectivity index (χ2n) is 10.3. The molecular formula is C29H28Cl3N3O2. The number of carbonyl (C=O) groups excluding carboxylic acids is 1. The molecule has 1 aliphatic carbocycles. The van der Waals surface area contributed by atoms with Crippen LogP contribution in [0.2, 0.25) is 15.1 Å². The van der Waals surface area contributed by atoms with Crippen LogP contribution in [0.4, 0.5) is 16.2 Å². The lowest BCUT2D eigenvalue weighted by Crippen LogP contribution is -2.42. The summed E-state index contributed by atoms with van der Waals surface area (Å²) in [5, 5.41) is 14.7. The van der Waals surface area contributed by atoms with Crippen LogP contribution in [0, 0.1) is 11.8 Å². The molecule has 3 aromatic rings. The average Bonchev–Trinajstić information content (AvgIpc) is 3.61. The first-order valence-electron chi connectivity index (χ1n) is 12.7. The second kappa shape index (κ2) is 10.1. The predicted octanol–water partition coefficient (Wildman–Crippen LogP) is 7.09. The van der Waals surface area contributed by atoms with Gasteiger partial charge in [-0.3, -0.25) is 4.90 Å². The van der Waals surface area contributed by atoms with E-state index < -0.39 is 0 Å². The van der Waals surface area contributed by atoms with Crippen LogP contribution in [0.3, 0.4) is 0 Å². The van der Waals surface area contributed by atoms with Gasteiger partial charge in [0.05, 0.1) is 21.4 Å². The third kappa shape index (κ3) is 4.73. The topological polar surface area (TPSA) is 55.8 Å². The number of fused-ring (bicyclic) bond motifs is 1. The van der Waals surface area contributed by atoms with Gasteiger partial charge in [0.15, 0.2) is 0 Å². The molecule has 1 saturated carbocycles. The van der Waals surface area contributed by atoms with Crippen LogP contribution in [0.5, 0.6) is 0 Å². The number of rotatable bonds is 6. The second-order valence-corrected chi connectivity index (χ2v) is 11.5. The van der Waals surface area contributed by atoms with E-state index in [1.807, 2.05) is 24.3 Å². The summed E-state index contributed by atoms with van der Waals surface area (Å²) in [6, 6.07) is 17.0. The van der Waals surface area contributed by atoms with Crippen molar-refractivity contribution in [3.63, 3.8) is 0 Å². The van der Waals surface area contributed by atoms with Crippen molar-refractivity contribution in [3.8, 4) is 11.1 Å². The third-order valence-corrected chi connectivity index (χ3v) is 8.77. The average molecular weight is 557 g/mol. The van der Waals surface area contributed by atoms with E-state index in [0.717, 1.165) is 53.5 Å². The number of aliphatic hydroxyl groups excluding tert-OH is 1. The van der Waals surface area contributed by atoms with Gasteiger partial charge in [0.2, 0.25) is 0 Å². The summed E-state index contributed by atoms with van der Waals surface area (Å²) in [7, 11) is 0. The fourth-order valence-corrected chi connectivity index (χ4v) is 6.62. The van der Waals surface area contributed by atoms with Gasteiger partial charge < -0.3 is 15.3 Å². The van der Waals surface area contributed by atoms with E-state index in [9.17, 15) is 9.90 Å². The molecule has 5 nitrogen and oxygen atoms in total. The fourth-order valence-electron chi connectivity index (χ4n) is 5.81. The van der Waals surface area contributed by atoms with E-state index in [2.05, 4.69) is 22.3 Å². The van der Waals surface area contributed by atoms with Crippen molar-refractivity contribution >= 4 is 52.2 Å². The minimum Gasteiger partial charge on any atom is -0.396 e. The lowest BCUT2D eigenvalue weighted by Gasteiger charge is -2.34. The van der Waals surface area contributed by atoms with Crippen molar-refractivity contribution in [2.45, 2.75) is 25.3 Å². The number of anilines is 2. The van der Waals surface area contributed by atoms with Crippen molar-refractivity contribution in [2.75, 3.05) is 31.1 Å². The van der Waals surface area contributed by atoms with Crippen LogP contribution < -0.4 is 10.2 Å². The number of benzene rings is 3. The summed E-state index contributed by atoms with van der Waals surface area (Å²) in [4.78, 5) is 17.4. The summed E-state index contributed by atoms with van der Waals surface area (Å²) in [6.07, 6.45) is 2.59. The zero-order valence-corrected chi connectivity index (χ0v) is 22.5. The molecule has 0 radical (unpaired) electrons. The smallest absolute Gasteiger partial charge is 0.326 e. The van der Waals surface area contributed by atoms with Gasteiger partial charge in [-0.15, -0.1) is 0 Å². The van der Waals surface area contributed by atoms with Crippen molar-refractivity contribution < 1.29 is 9.90 Å². The monoisotopic (exact) mass is 555 g/mol. The SMILES string of the molecule is O=C1NCc2c(-c3ccccc3Cl)cc(C3CN(CC4CC4)C[C@@H]3CO)cc2N1c1c(Cl)cccc1Cl. The molecule has 1 unspecified atom stereocenters. The first-order valence-corrected chi connectivity index (χ1v) is 13.8. The van der Waals surface area contributed by atoms with Crippen LogP contribution >= 0.6 is 34.8 Å². The maximum Gasteiger partial charge on any atom is 0.326 e. The number of hydrogen-bond acceptors (Lipinski definition) is 3. The molecule has 0 aromatic heterocycles. The molecule has 8 heteroatoms. The number of amides is 2. The molecule has 6 rings (SSSR count). The number of urea groups is 1. The highest BCUT2D eigenvalue weighted by Crippen LogP contribution is 2.47. The molecule has 0 bridgehead atoms. The van der Waals surface area contributed by atoms with Gasteiger partial charge in [0, 0.05) is 60.8 Å². The Morgan fingerprint density at radius 2 is 1.65 bits per heavy atom. The van der Waals surface area contributed by atoms with Crippen LogP contribution in [-0.2, 0) is 6.54 Å². The summed E-state index contributed by atoms with van der Waals surface area (Å²) in [5.74, 6) is 1.02. The van der Waals surface area contributed by atoms with E-state index in [4.69, 9.17) is 34.8 Å². The normalized spacial score (nSPS) is 21.7. The minimum absolute atomic E-state index is 0.116. The standard InChI is InChI=1S/C29H28Cl3N3O2/c30-24-5-2-1-4-20(24)21-10-18(23-15-34(13-17-8-9-17)14-19(23)16-36)11-27-22(21)12-33-29(37)35(27)28-25(31)6-3-7-26(28)32/h1-7,10-11,17,19,23,36H,8-9,12-16H2,(H,33,37)/t19-,23?/m1/s1. The molecule has 0 spiro atoms. The first kappa shape index (κ1) is 25.0. The molecule has 2 amide bonds. The lowest BCUT2D eigenvalue weighted by molar-refractivity contribution is 0.214. The molecule has 2 heterocycles.